The Kier molecular flexibility index (Phi) is 2.59. The molecule has 1 fully saturated rings. The maximum absolute atomic E-state index is 4.31. The smallest absolute Gasteiger partial charge is 0.0947 e. The fourth-order valence-electron chi connectivity index (χ4n) is 2.19. The Bertz CT molecular complexity index is 297. The second-order valence-electron chi connectivity index (χ2n) is 4.65. The molecule has 2 rings (SSSR count). The van der Waals surface area contributed by atoms with Crippen LogP contribution >= 0.6 is 0 Å². The average molecular weight is 193 g/mol. The van der Waals surface area contributed by atoms with Crippen molar-refractivity contribution in [2.75, 3.05) is 0 Å². The molecular formula is C11H19N3. The first kappa shape index (κ1) is 9.71. The lowest BCUT2D eigenvalue weighted by molar-refractivity contribution is 0.361. The highest BCUT2D eigenvalue weighted by atomic mass is 15.0. The first-order valence-electron chi connectivity index (χ1n) is 5.40. The summed E-state index contributed by atoms with van der Waals surface area (Å²) in [4.78, 5) is 4.31. The van der Waals surface area contributed by atoms with E-state index in [1.807, 2.05) is 17.9 Å². The minimum Gasteiger partial charge on any atom is -0.340 e. The Balaban J connectivity index is 1.87. The van der Waals surface area contributed by atoms with Crippen molar-refractivity contribution < 1.29 is 0 Å². The maximum atomic E-state index is 4.31. The van der Waals surface area contributed by atoms with E-state index >= 15 is 0 Å². The van der Waals surface area contributed by atoms with Crippen LogP contribution in [0.4, 0.5) is 0 Å². The third-order valence-electron chi connectivity index (χ3n) is 3.16. The molecule has 1 heterocycles. The lowest BCUT2D eigenvalue weighted by Gasteiger charge is -2.24. The minimum absolute atomic E-state index is 0.359. The van der Waals surface area contributed by atoms with Gasteiger partial charge < -0.3 is 9.88 Å². The Morgan fingerprint density at radius 3 is 2.79 bits per heavy atom. The predicted molar refractivity (Wildman–Crippen MR) is 56.9 cm³/mol. The fourth-order valence-corrected chi connectivity index (χ4v) is 2.19. The minimum atomic E-state index is 0.359. The summed E-state index contributed by atoms with van der Waals surface area (Å²) >= 11 is 0. The van der Waals surface area contributed by atoms with E-state index < -0.39 is 0 Å². The van der Waals surface area contributed by atoms with Crippen LogP contribution in [0.2, 0.25) is 0 Å². The van der Waals surface area contributed by atoms with E-state index in [9.17, 15) is 0 Å². The van der Waals surface area contributed by atoms with Gasteiger partial charge in [-0.3, -0.25) is 0 Å². The molecule has 3 nitrogen and oxygen atoms in total. The molecule has 1 aromatic rings. The predicted octanol–water partition coefficient (Wildman–Crippen LogP) is 1.84. The molecule has 0 aliphatic heterocycles. The number of nitrogens with zero attached hydrogens (tertiary/aromatic N) is 2. The first-order chi connectivity index (χ1) is 6.68. The van der Waals surface area contributed by atoms with Crippen molar-refractivity contribution in [3.63, 3.8) is 0 Å². The Morgan fingerprint density at radius 1 is 1.50 bits per heavy atom. The molecule has 0 spiro atoms. The topological polar surface area (TPSA) is 29.9 Å². The third kappa shape index (κ3) is 2.15. The van der Waals surface area contributed by atoms with E-state index in [0.29, 0.717) is 5.54 Å². The number of aryl methyl sites for hydroxylation is 1. The monoisotopic (exact) mass is 193 g/mol. The summed E-state index contributed by atoms with van der Waals surface area (Å²) in [5.41, 5.74) is 1.50. The van der Waals surface area contributed by atoms with Crippen molar-refractivity contribution in [2.24, 2.45) is 7.05 Å². The molecule has 78 valence electrons. The second kappa shape index (κ2) is 3.73. The van der Waals surface area contributed by atoms with Crippen molar-refractivity contribution in [3.05, 3.63) is 18.2 Å². The molecule has 0 bridgehead atoms. The third-order valence-corrected chi connectivity index (χ3v) is 3.16. The lowest BCUT2D eigenvalue weighted by atomic mass is 10.0. The van der Waals surface area contributed by atoms with E-state index in [4.69, 9.17) is 0 Å². The van der Waals surface area contributed by atoms with E-state index in [1.54, 1.807) is 0 Å². The van der Waals surface area contributed by atoms with Crippen molar-refractivity contribution in [1.82, 2.24) is 14.9 Å². The first-order valence-corrected chi connectivity index (χ1v) is 5.40. The zero-order chi connectivity index (χ0) is 10.0. The van der Waals surface area contributed by atoms with E-state index in [-0.39, 0.29) is 0 Å². The summed E-state index contributed by atoms with van der Waals surface area (Å²) in [7, 11) is 2.01. The van der Waals surface area contributed by atoms with Crippen LogP contribution in [0.25, 0.3) is 0 Å². The molecule has 3 heteroatoms. The zero-order valence-electron chi connectivity index (χ0n) is 9.08. The van der Waals surface area contributed by atoms with Gasteiger partial charge in [-0.05, 0) is 19.8 Å². The number of hydrogen-bond acceptors (Lipinski definition) is 2. The van der Waals surface area contributed by atoms with Gasteiger partial charge in [0.15, 0.2) is 0 Å². The molecule has 1 saturated carbocycles. The van der Waals surface area contributed by atoms with Gasteiger partial charge in [0.25, 0.3) is 0 Å². The van der Waals surface area contributed by atoms with Crippen molar-refractivity contribution >= 4 is 0 Å². The average Bonchev–Trinajstić information content (AvgIpc) is 2.73. The summed E-state index contributed by atoms with van der Waals surface area (Å²) in [6.45, 7) is 3.22. The molecule has 1 aliphatic carbocycles. The van der Waals surface area contributed by atoms with Crippen LogP contribution in [0.1, 0.15) is 38.3 Å². The van der Waals surface area contributed by atoms with Gasteiger partial charge in [-0.2, -0.15) is 0 Å². The van der Waals surface area contributed by atoms with Crippen LogP contribution in [0.3, 0.4) is 0 Å². The van der Waals surface area contributed by atoms with Gasteiger partial charge in [-0.25, -0.2) is 4.98 Å². The van der Waals surface area contributed by atoms with E-state index in [1.165, 1.54) is 25.7 Å². The molecular weight excluding hydrogens is 174 g/mol. The second-order valence-corrected chi connectivity index (χ2v) is 4.65. The Labute approximate surface area is 85.5 Å². The fraction of sp³-hybridized carbons (Fsp3) is 0.727. The molecule has 0 aromatic carbocycles. The maximum Gasteiger partial charge on any atom is 0.0947 e. The van der Waals surface area contributed by atoms with Crippen LogP contribution in [0.5, 0.6) is 0 Å². The summed E-state index contributed by atoms with van der Waals surface area (Å²) in [6.07, 6.45) is 9.27. The normalized spacial score (nSPS) is 20.1. The zero-order valence-corrected chi connectivity index (χ0v) is 9.08. The summed E-state index contributed by atoms with van der Waals surface area (Å²) in [5.74, 6) is 0. The highest BCUT2D eigenvalue weighted by Gasteiger charge is 2.27. The van der Waals surface area contributed by atoms with Gasteiger partial charge in [0.2, 0.25) is 0 Å². The van der Waals surface area contributed by atoms with E-state index in [0.717, 1.165) is 12.2 Å². The molecule has 0 amide bonds. The summed E-state index contributed by atoms with van der Waals surface area (Å²) < 4.78 is 1.99. The molecule has 0 radical (unpaired) electrons. The molecule has 1 aromatic heterocycles. The standard InChI is InChI=1S/C11H19N3/c1-11(5-3-4-6-11)13-7-10-8-14(2)9-12-10/h8-9,13H,3-7H2,1-2H3. The van der Waals surface area contributed by atoms with Gasteiger partial charge in [0, 0.05) is 25.3 Å². The molecule has 1 N–H and O–H groups in total. The van der Waals surface area contributed by atoms with Crippen molar-refractivity contribution in [3.8, 4) is 0 Å². The number of rotatable bonds is 3. The van der Waals surface area contributed by atoms with Gasteiger partial charge in [0.05, 0.1) is 12.0 Å². The largest absolute Gasteiger partial charge is 0.340 e. The molecule has 14 heavy (non-hydrogen) atoms. The molecule has 1 aliphatic rings. The Hall–Kier alpha value is -0.830. The van der Waals surface area contributed by atoms with Gasteiger partial charge >= 0.3 is 0 Å². The molecule has 0 atom stereocenters. The highest BCUT2D eigenvalue weighted by molar-refractivity contribution is 4.98. The van der Waals surface area contributed by atoms with Crippen molar-refractivity contribution in [2.45, 2.75) is 44.7 Å². The van der Waals surface area contributed by atoms with Crippen LogP contribution < -0.4 is 5.32 Å². The SMILES string of the molecule is Cn1cnc(CNC2(C)CCCC2)c1. The van der Waals surface area contributed by atoms with Crippen LogP contribution in [-0.4, -0.2) is 15.1 Å². The van der Waals surface area contributed by atoms with Crippen LogP contribution in [0, 0.1) is 0 Å². The number of nitrogens with one attached hydrogen (secondary N) is 1. The quantitative estimate of drug-likeness (QED) is 0.794. The number of imidazole rings is 1. The van der Waals surface area contributed by atoms with Crippen molar-refractivity contribution in [1.29, 1.82) is 0 Å². The van der Waals surface area contributed by atoms with Gasteiger partial charge in [0.1, 0.15) is 0 Å². The van der Waals surface area contributed by atoms with Crippen LogP contribution in [-0.2, 0) is 13.6 Å². The summed E-state index contributed by atoms with van der Waals surface area (Å²) in [6, 6.07) is 0. The number of aromatic nitrogens is 2. The highest BCUT2D eigenvalue weighted by Crippen LogP contribution is 2.28. The van der Waals surface area contributed by atoms with Crippen LogP contribution in [0.15, 0.2) is 12.5 Å². The van der Waals surface area contributed by atoms with E-state index in [2.05, 4.69) is 23.4 Å². The van der Waals surface area contributed by atoms with Gasteiger partial charge in [-0.15, -0.1) is 0 Å². The summed E-state index contributed by atoms with van der Waals surface area (Å²) in [5, 5.41) is 3.61. The lowest BCUT2D eigenvalue weighted by Crippen LogP contribution is -2.38. The molecule has 0 saturated heterocycles. The number of hydrogen-bond donors (Lipinski definition) is 1. The Morgan fingerprint density at radius 2 is 2.21 bits per heavy atom. The molecule has 0 unspecified atom stereocenters. The van der Waals surface area contributed by atoms with Gasteiger partial charge in [-0.1, -0.05) is 12.8 Å².